The summed E-state index contributed by atoms with van der Waals surface area (Å²) in [5.74, 6) is -0.0538. The van der Waals surface area contributed by atoms with E-state index in [9.17, 15) is 14.7 Å². The van der Waals surface area contributed by atoms with Gasteiger partial charge in [0.15, 0.2) is 0 Å². The molecule has 10 heteroatoms. The highest BCUT2D eigenvalue weighted by Gasteiger charge is 2.36. The number of aryl methyl sites for hydroxylation is 3. The van der Waals surface area contributed by atoms with Gasteiger partial charge in [-0.25, -0.2) is 9.75 Å². The molecule has 2 aliphatic rings. The standard InChI is InChI=1S/C21H25N5O4S/c1-4-25-20(28)17-16(21(29)26-8-13(27)9-30-26)15(7-14-10(2)22-23-11(14)3)31-19(17)18(24-25)12-5-6-12/h12-13,27H,4-9H2,1-3H3,(H,22,23). The molecule has 3 aromatic heterocycles. The normalized spacial score (nSPS) is 19.0. The molecule has 1 saturated heterocycles. The van der Waals surface area contributed by atoms with Crippen LogP contribution in [0.4, 0.5) is 0 Å². The van der Waals surface area contributed by atoms with Gasteiger partial charge in [-0.1, -0.05) is 0 Å². The highest BCUT2D eigenvalue weighted by Crippen LogP contribution is 2.45. The minimum atomic E-state index is -0.730. The van der Waals surface area contributed by atoms with Gasteiger partial charge in [0, 0.05) is 35.0 Å². The Bertz CT molecular complexity index is 1220. The molecular weight excluding hydrogens is 418 g/mol. The summed E-state index contributed by atoms with van der Waals surface area (Å²) >= 11 is 1.47. The molecule has 164 valence electrons. The van der Waals surface area contributed by atoms with Crippen molar-refractivity contribution in [1.82, 2.24) is 25.0 Å². The van der Waals surface area contributed by atoms with E-state index < -0.39 is 6.10 Å². The van der Waals surface area contributed by atoms with Crippen molar-refractivity contribution in [3.63, 3.8) is 0 Å². The molecule has 1 aliphatic heterocycles. The van der Waals surface area contributed by atoms with Gasteiger partial charge < -0.3 is 5.11 Å². The summed E-state index contributed by atoms with van der Waals surface area (Å²) in [6, 6.07) is 0. The minimum absolute atomic E-state index is 0.0666. The summed E-state index contributed by atoms with van der Waals surface area (Å²) in [6.07, 6.45) is 1.84. The van der Waals surface area contributed by atoms with E-state index in [4.69, 9.17) is 4.84 Å². The number of hydroxylamine groups is 2. The van der Waals surface area contributed by atoms with Crippen LogP contribution in [0.2, 0.25) is 0 Å². The van der Waals surface area contributed by atoms with Gasteiger partial charge in [-0.15, -0.1) is 11.3 Å². The molecule has 4 heterocycles. The number of carbonyl (C=O) groups is 1. The van der Waals surface area contributed by atoms with E-state index in [1.54, 1.807) is 0 Å². The molecule has 0 bridgehead atoms. The summed E-state index contributed by atoms with van der Waals surface area (Å²) in [4.78, 5) is 33.1. The number of H-pyrrole nitrogens is 1. The molecule has 1 unspecified atom stereocenters. The number of carbonyl (C=O) groups excluding carboxylic acids is 1. The average Bonchev–Trinajstić information content (AvgIpc) is 3.27. The van der Waals surface area contributed by atoms with Gasteiger partial charge >= 0.3 is 0 Å². The predicted molar refractivity (Wildman–Crippen MR) is 115 cm³/mol. The maximum atomic E-state index is 13.5. The van der Waals surface area contributed by atoms with Gasteiger partial charge in [0.25, 0.3) is 11.5 Å². The van der Waals surface area contributed by atoms with Gasteiger partial charge in [0.2, 0.25) is 0 Å². The quantitative estimate of drug-likeness (QED) is 0.624. The second kappa shape index (κ2) is 7.54. The number of aliphatic hydroxyl groups excluding tert-OH is 1. The molecule has 2 fully saturated rings. The van der Waals surface area contributed by atoms with Crippen LogP contribution in [-0.2, 0) is 17.8 Å². The van der Waals surface area contributed by atoms with E-state index in [1.165, 1.54) is 21.1 Å². The van der Waals surface area contributed by atoms with Crippen molar-refractivity contribution in [3.05, 3.63) is 43.4 Å². The molecule has 9 nitrogen and oxygen atoms in total. The van der Waals surface area contributed by atoms with Crippen LogP contribution < -0.4 is 5.56 Å². The Morgan fingerprint density at radius 2 is 2.13 bits per heavy atom. The number of rotatable bonds is 5. The van der Waals surface area contributed by atoms with E-state index in [-0.39, 0.29) is 24.6 Å². The molecule has 3 aromatic rings. The molecule has 0 spiro atoms. The highest BCUT2D eigenvalue weighted by atomic mass is 32.1. The largest absolute Gasteiger partial charge is 0.389 e. The lowest BCUT2D eigenvalue weighted by Gasteiger charge is -2.15. The first-order valence-corrected chi connectivity index (χ1v) is 11.4. The van der Waals surface area contributed by atoms with Crippen molar-refractivity contribution >= 4 is 27.3 Å². The lowest BCUT2D eigenvalue weighted by Crippen LogP contribution is -2.31. The smallest absolute Gasteiger partial charge is 0.279 e. The van der Waals surface area contributed by atoms with Crippen LogP contribution in [0.15, 0.2) is 4.79 Å². The highest BCUT2D eigenvalue weighted by molar-refractivity contribution is 7.19. The number of β-amino-alcohol motifs (C(OH)–C–C–N with tert-alkyl or cyclic N) is 1. The maximum Gasteiger partial charge on any atom is 0.279 e. The maximum absolute atomic E-state index is 13.5. The zero-order valence-corrected chi connectivity index (χ0v) is 18.6. The molecular formula is C21H25N5O4S. The zero-order chi connectivity index (χ0) is 21.9. The van der Waals surface area contributed by atoms with Gasteiger partial charge in [-0.2, -0.15) is 10.2 Å². The number of amides is 1. The molecule has 5 rings (SSSR count). The first kappa shape index (κ1) is 20.3. The molecule has 31 heavy (non-hydrogen) atoms. The Morgan fingerprint density at radius 3 is 2.71 bits per heavy atom. The fourth-order valence-corrected chi connectivity index (χ4v) is 5.49. The lowest BCUT2D eigenvalue weighted by atomic mass is 10.0. The van der Waals surface area contributed by atoms with E-state index in [0.717, 1.165) is 45.1 Å². The van der Waals surface area contributed by atoms with E-state index >= 15 is 0 Å². The van der Waals surface area contributed by atoms with Crippen LogP contribution in [0, 0.1) is 13.8 Å². The molecule has 1 atom stereocenters. The van der Waals surface area contributed by atoms with Crippen LogP contribution in [-0.4, -0.2) is 55.3 Å². The number of thiophene rings is 1. The predicted octanol–water partition coefficient (Wildman–Crippen LogP) is 2.03. The third-order valence-corrected chi connectivity index (χ3v) is 7.22. The van der Waals surface area contributed by atoms with Crippen molar-refractivity contribution in [2.45, 2.75) is 58.6 Å². The topological polar surface area (TPSA) is 113 Å². The van der Waals surface area contributed by atoms with Gasteiger partial charge in [0.1, 0.15) is 12.7 Å². The lowest BCUT2D eigenvalue weighted by molar-refractivity contribution is -0.0778. The van der Waals surface area contributed by atoms with Gasteiger partial charge in [0.05, 0.1) is 33.6 Å². The average molecular weight is 444 g/mol. The fourth-order valence-electron chi connectivity index (χ4n) is 4.14. The van der Waals surface area contributed by atoms with Crippen LogP contribution in [0.25, 0.3) is 10.1 Å². The number of hydrogen-bond donors (Lipinski definition) is 2. The Morgan fingerprint density at radius 1 is 1.35 bits per heavy atom. The third kappa shape index (κ3) is 3.38. The Balaban J connectivity index is 1.74. The van der Waals surface area contributed by atoms with E-state index in [1.807, 2.05) is 20.8 Å². The van der Waals surface area contributed by atoms with Gasteiger partial charge in [-0.3, -0.25) is 19.5 Å². The number of aliphatic hydroxyl groups is 1. The number of fused-ring (bicyclic) bond motifs is 1. The number of nitrogens with one attached hydrogen (secondary N) is 1. The number of hydrogen-bond acceptors (Lipinski definition) is 7. The molecule has 1 aliphatic carbocycles. The van der Waals surface area contributed by atoms with Crippen molar-refractivity contribution in [2.75, 3.05) is 13.2 Å². The Hall–Kier alpha value is -2.56. The van der Waals surface area contributed by atoms with Crippen LogP contribution in [0.5, 0.6) is 0 Å². The minimum Gasteiger partial charge on any atom is -0.389 e. The Labute approximate surface area is 182 Å². The van der Waals surface area contributed by atoms with Crippen LogP contribution in [0.3, 0.4) is 0 Å². The SMILES string of the molecule is CCn1nc(C2CC2)c2sc(Cc3c(C)n[nH]c3C)c(C(=O)N3CC(O)CO3)c2c1=O. The van der Waals surface area contributed by atoms with Crippen LogP contribution in [0.1, 0.15) is 63.6 Å². The number of nitrogens with zero attached hydrogens (tertiary/aromatic N) is 4. The zero-order valence-electron chi connectivity index (χ0n) is 17.8. The molecule has 1 amide bonds. The van der Waals surface area contributed by atoms with Crippen molar-refractivity contribution in [2.24, 2.45) is 0 Å². The van der Waals surface area contributed by atoms with Gasteiger partial charge in [-0.05, 0) is 33.6 Å². The second-order valence-electron chi connectivity index (χ2n) is 8.29. The second-order valence-corrected chi connectivity index (χ2v) is 9.40. The molecule has 2 N–H and O–H groups in total. The van der Waals surface area contributed by atoms with E-state index in [2.05, 4.69) is 15.3 Å². The first-order chi connectivity index (χ1) is 14.9. The van der Waals surface area contributed by atoms with Crippen molar-refractivity contribution in [1.29, 1.82) is 0 Å². The summed E-state index contributed by atoms with van der Waals surface area (Å²) < 4.78 is 2.26. The molecule has 1 saturated carbocycles. The molecule has 0 aromatic carbocycles. The van der Waals surface area contributed by atoms with Crippen molar-refractivity contribution < 1.29 is 14.7 Å². The number of aromatic amines is 1. The monoisotopic (exact) mass is 443 g/mol. The summed E-state index contributed by atoms with van der Waals surface area (Å²) in [7, 11) is 0. The summed E-state index contributed by atoms with van der Waals surface area (Å²) in [5.41, 5.74) is 3.84. The Kier molecular flexibility index (Phi) is 4.95. The van der Waals surface area contributed by atoms with E-state index in [0.29, 0.717) is 29.8 Å². The summed E-state index contributed by atoms with van der Waals surface area (Å²) in [5, 5.41) is 23.4. The summed E-state index contributed by atoms with van der Waals surface area (Å²) in [6.45, 7) is 6.34. The van der Waals surface area contributed by atoms with Crippen LogP contribution >= 0.6 is 11.3 Å². The van der Waals surface area contributed by atoms with Crippen molar-refractivity contribution in [3.8, 4) is 0 Å². The molecule has 0 radical (unpaired) electrons. The fraction of sp³-hybridized carbons (Fsp3) is 0.524. The number of aromatic nitrogens is 4. The third-order valence-electron chi connectivity index (χ3n) is 6.01. The first-order valence-electron chi connectivity index (χ1n) is 10.6.